The van der Waals surface area contributed by atoms with Crippen molar-refractivity contribution in [3.05, 3.63) is 54.0 Å². The molecule has 6 heteroatoms. The zero-order valence-corrected chi connectivity index (χ0v) is 15.3. The highest BCUT2D eigenvalue weighted by Crippen LogP contribution is 2.37. The minimum atomic E-state index is -0.0410. The second-order valence-corrected chi connectivity index (χ2v) is 7.37. The maximum Gasteiger partial charge on any atom is 0.231 e. The van der Waals surface area contributed by atoms with Gasteiger partial charge in [0.15, 0.2) is 0 Å². The number of aromatic nitrogens is 3. The van der Waals surface area contributed by atoms with Gasteiger partial charge in [-0.15, -0.1) is 0 Å². The van der Waals surface area contributed by atoms with E-state index in [2.05, 4.69) is 38.1 Å². The van der Waals surface area contributed by atoms with Crippen molar-refractivity contribution >= 4 is 22.8 Å². The second kappa shape index (κ2) is 6.68. The first-order chi connectivity index (χ1) is 13.3. The summed E-state index contributed by atoms with van der Waals surface area (Å²) in [5.74, 6) is 0.969. The van der Waals surface area contributed by atoms with Gasteiger partial charge < -0.3 is 14.8 Å². The number of hydrogen-bond donors (Lipinski definition) is 1. The fourth-order valence-corrected chi connectivity index (χ4v) is 4.46. The lowest BCUT2D eigenvalue weighted by molar-refractivity contribution is -0.133. The first kappa shape index (κ1) is 16.3. The average molecular weight is 361 g/mol. The molecule has 2 aliphatic rings. The number of nitrogens with zero attached hydrogens (tertiary/aromatic N) is 4. The monoisotopic (exact) mass is 361 g/mol. The molecule has 0 spiro atoms. The standard InChI is InChI=1S/C21H23N5O/c27-20(25-11-13-26(14-12-25)21-22-9-4-10-23-21)17-7-3-6-16-15-5-1-2-8-18(15)24-19(16)17/h1-2,4-5,8-10,17,24H,3,6-7,11-14H2. The number of benzene rings is 1. The number of carbonyl (C=O) groups excluding carboxylic acids is 1. The van der Waals surface area contributed by atoms with Crippen LogP contribution in [-0.4, -0.2) is 51.9 Å². The number of H-pyrrole nitrogens is 1. The molecule has 1 aliphatic carbocycles. The van der Waals surface area contributed by atoms with E-state index in [0.717, 1.165) is 62.6 Å². The molecular weight excluding hydrogens is 338 g/mol. The number of nitrogens with one attached hydrogen (secondary N) is 1. The smallest absolute Gasteiger partial charge is 0.231 e. The third-order valence-corrected chi connectivity index (χ3v) is 5.84. The number of piperazine rings is 1. The predicted octanol–water partition coefficient (Wildman–Crippen LogP) is 2.73. The first-order valence-corrected chi connectivity index (χ1v) is 9.71. The highest BCUT2D eigenvalue weighted by molar-refractivity contribution is 5.90. The van der Waals surface area contributed by atoms with E-state index in [4.69, 9.17) is 0 Å². The summed E-state index contributed by atoms with van der Waals surface area (Å²) in [5.41, 5.74) is 3.63. The van der Waals surface area contributed by atoms with Crippen molar-refractivity contribution in [1.82, 2.24) is 19.9 Å². The maximum atomic E-state index is 13.3. The minimum absolute atomic E-state index is 0.0410. The summed E-state index contributed by atoms with van der Waals surface area (Å²) < 4.78 is 0. The van der Waals surface area contributed by atoms with Gasteiger partial charge >= 0.3 is 0 Å². The van der Waals surface area contributed by atoms with Gasteiger partial charge in [0.25, 0.3) is 0 Å². The normalized spacial score (nSPS) is 19.9. The van der Waals surface area contributed by atoms with E-state index in [9.17, 15) is 4.79 Å². The molecule has 2 aromatic heterocycles. The molecule has 1 aliphatic heterocycles. The summed E-state index contributed by atoms with van der Waals surface area (Å²) in [7, 11) is 0. The van der Waals surface area contributed by atoms with Crippen molar-refractivity contribution in [2.45, 2.75) is 25.2 Å². The van der Waals surface area contributed by atoms with Crippen molar-refractivity contribution in [2.75, 3.05) is 31.1 Å². The number of aromatic amines is 1. The second-order valence-electron chi connectivity index (χ2n) is 7.37. The van der Waals surface area contributed by atoms with Crippen LogP contribution < -0.4 is 4.90 Å². The first-order valence-electron chi connectivity index (χ1n) is 9.71. The Morgan fingerprint density at radius 2 is 1.81 bits per heavy atom. The molecule has 27 heavy (non-hydrogen) atoms. The third kappa shape index (κ3) is 2.85. The molecule has 6 nitrogen and oxygen atoms in total. The van der Waals surface area contributed by atoms with Crippen LogP contribution in [0.3, 0.4) is 0 Å². The Bertz CT molecular complexity index is 959. The number of hydrogen-bond acceptors (Lipinski definition) is 4. The SMILES string of the molecule is O=C(C1CCCc2c1[nH]c1ccccc21)N1CCN(c2ncccn2)CC1. The van der Waals surface area contributed by atoms with Crippen LogP contribution in [0.4, 0.5) is 5.95 Å². The van der Waals surface area contributed by atoms with Crippen molar-refractivity contribution in [2.24, 2.45) is 0 Å². The third-order valence-electron chi connectivity index (χ3n) is 5.84. The van der Waals surface area contributed by atoms with Crippen LogP contribution in [0.25, 0.3) is 10.9 Å². The Balaban J connectivity index is 1.34. The molecule has 138 valence electrons. The highest BCUT2D eigenvalue weighted by Gasteiger charge is 2.33. The molecule has 5 rings (SSSR count). The number of para-hydroxylation sites is 1. The molecule has 1 amide bonds. The number of amides is 1. The van der Waals surface area contributed by atoms with Gasteiger partial charge in [-0.25, -0.2) is 9.97 Å². The Labute approximate surface area is 158 Å². The molecule has 1 unspecified atom stereocenters. The lowest BCUT2D eigenvalue weighted by atomic mass is 9.85. The lowest BCUT2D eigenvalue weighted by Gasteiger charge is -2.37. The topological polar surface area (TPSA) is 65.1 Å². The van der Waals surface area contributed by atoms with E-state index in [-0.39, 0.29) is 11.8 Å². The number of carbonyl (C=O) groups is 1. The van der Waals surface area contributed by atoms with Crippen LogP contribution in [0.15, 0.2) is 42.7 Å². The summed E-state index contributed by atoms with van der Waals surface area (Å²) in [6.07, 6.45) is 6.59. The minimum Gasteiger partial charge on any atom is -0.357 e. The predicted molar refractivity (Wildman–Crippen MR) is 105 cm³/mol. The van der Waals surface area contributed by atoms with Gasteiger partial charge in [0, 0.05) is 55.2 Å². The fourth-order valence-electron chi connectivity index (χ4n) is 4.46. The molecule has 1 atom stereocenters. The molecule has 0 saturated carbocycles. The number of fused-ring (bicyclic) bond motifs is 3. The van der Waals surface area contributed by atoms with Crippen LogP contribution in [0.1, 0.15) is 30.0 Å². The summed E-state index contributed by atoms with van der Waals surface area (Å²) >= 11 is 0. The van der Waals surface area contributed by atoms with E-state index >= 15 is 0 Å². The van der Waals surface area contributed by atoms with Gasteiger partial charge in [-0.3, -0.25) is 4.79 Å². The largest absolute Gasteiger partial charge is 0.357 e. The van der Waals surface area contributed by atoms with Gasteiger partial charge in [-0.1, -0.05) is 18.2 Å². The molecule has 1 N–H and O–H groups in total. The van der Waals surface area contributed by atoms with E-state index < -0.39 is 0 Å². The molecule has 3 aromatic rings. The molecule has 1 fully saturated rings. The van der Waals surface area contributed by atoms with Gasteiger partial charge in [0.05, 0.1) is 5.92 Å². The Morgan fingerprint density at radius 1 is 1.04 bits per heavy atom. The molecule has 1 aromatic carbocycles. The van der Waals surface area contributed by atoms with E-state index in [1.165, 1.54) is 10.9 Å². The fraction of sp³-hybridized carbons (Fsp3) is 0.381. The molecule has 3 heterocycles. The summed E-state index contributed by atoms with van der Waals surface area (Å²) in [6, 6.07) is 10.2. The summed E-state index contributed by atoms with van der Waals surface area (Å²) in [5, 5.41) is 1.27. The van der Waals surface area contributed by atoms with Crippen LogP contribution in [0.2, 0.25) is 0 Å². The van der Waals surface area contributed by atoms with E-state index in [0.29, 0.717) is 0 Å². The number of anilines is 1. The summed E-state index contributed by atoms with van der Waals surface area (Å²) in [4.78, 5) is 29.7. The quantitative estimate of drug-likeness (QED) is 0.762. The van der Waals surface area contributed by atoms with E-state index in [1.807, 2.05) is 17.0 Å². The van der Waals surface area contributed by atoms with Crippen LogP contribution in [0, 0.1) is 0 Å². The number of aryl methyl sites for hydroxylation is 1. The highest BCUT2D eigenvalue weighted by atomic mass is 16.2. The van der Waals surface area contributed by atoms with Gasteiger partial charge in [-0.2, -0.15) is 0 Å². The van der Waals surface area contributed by atoms with Gasteiger partial charge in [0.2, 0.25) is 11.9 Å². The van der Waals surface area contributed by atoms with Crippen LogP contribution in [0.5, 0.6) is 0 Å². The maximum absolute atomic E-state index is 13.3. The molecule has 0 bridgehead atoms. The van der Waals surface area contributed by atoms with Gasteiger partial charge in [0.1, 0.15) is 0 Å². The zero-order chi connectivity index (χ0) is 18.2. The van der Waals surface area contributed by atoms with Crippen molar-refractivity contribution in [1.29, 1.82) is 0 Å². The van der Waals surface area contributed by atoms with Crippen molar-refractivity contribution < 1.29 is 4.79 Å². The Kier molecular flexibility index (Phi) is 4.03. The van der Waals surface area contributed by atoms with Crippen LogP contribution in [-0.2, 0) is 11.2 Å². The molecule has 0 radical (unpaired) electrons. The molecule has 1 saturated heterocycles. The molecular formula is C21H23N5O. The van der Waals surface area contributed by atoms with Crippen molar-refractivity contribution in [3.63, 3.8) is 0 Å². The lowest BCUT2D eigenvalue weighted by Crippen LogP contribution is -2.50. The Hall–Kier alpha value is -2.89. The Morgan fingerprint density at radius 3 is 2.63 bits per heavy atom. The van der Waals surface area contributed by atoms with E-state index in [1.54, 1.807) is 12.4 Å². The van der Waals surface area contributed by atoms with Crippen LogP contribution >= 0.6 is 0 Å². The van der Waals surface area contributed by atoms with Gasteiger partial charge in [-0.05, 0) is 37.0 Å². The summed E-state index contributed by atoms with van der Waals surface area (Å²) in [6.45, 7) is 3.01. The average Bonchev–Trinajstić information content (AvgIpc) is 3.13. The zero-order valence-electron chi connectivity index (χ0n) is 15.3. The van der Waals surface area contributed by atoms with Crippen molar-refractivity contribution in [3.8, 4) is 0 Å². The number of rotatable bonds is 2.